The normalized spacial score (nSPS) is 11.6. The number of rotatable bonds is 6. The highest BCUT2D eigenvalue weighted by atomic mass is 35.5. The molecule has 3 nitrogen and oxygen atoms in total. The van der Waals surface area contributed by atoms with Crippen molar-refractivity contribution < 1.29 is 0 Å². The van der Waals surface area contributed by atoms with Crippen LogP contribution in [0.25, 0.3) is 21.3 Å². The van der Waals surface area contributed by atoms with Crippen LogP contribution >= 0.6 is 22.9 Å². The third-order valence-corrected chi connectivity index (χ3v) is 5.31. The molecule has 0 saturated heterocycles. The maximum absolute atomic E-state index is 6.05. The first-order valence-electron chi connectivity index (χ1n) is 7.65. The molecule has 0 bridgehead atoms. The minimum atomic E-state index is 0.824. The molecule has 0 fully saturated rings. The molecule has 116 valence electrons. The lowest BCUT2D eigenvalue weighted by atomic mass is 10.1. The average Bonchev–Trinajstić information content (AvgIpc) is 3.14. The van der Waals surface area contributed by atoms with Gasteiger partial charge < -0.3 is 4.90 Å². The molecule has 3 rings (SSSR count). The van der Waals surface area contributed by atoms with Crippen LogP contribution in [-0.2, 0) is 6.54 Å². The quantitative estimate of drug-likeness (QED) is 0.648. The Morgan fingerprint density at radius 3 is 2.68 bits per heavy atom. The summed E-state index contributed by atoms with van der Waals surface area (Å²) in [6.45, 7) is 8.49. The van der Waals surface area contributed by atoms with Gasteiger partial charge in [-0.15, -0.1) is 11.3 Å². The zero-order valence-electron chi connectivity index (χ0n) is 12.9. The summed E-state index contributed by atoms with van der Waals surface area (Å²) in [7, 11) is 0. The summed E-state index contributed by atoms with van der Waals surface area (Å²) >= 11 is 7.66. The maximum atomic E-state index is 6.05. The third-order valence-electron chi connectivity index (χ3n) is 4.02. The Morgan fingerprint density at radius 1 is 1.18 bits per heavy atom. The summed E-state index contributed by atoms with van der Waals surface area (Å²) in [6, 6.07) is 10.5. The van der Waals surface area contributed by atoms with Crippen molar-refractivity contribution in [1.29, 1.82) is 0 Å². The Kier molecular flexibility index (Phi) is 4.81. The van der Waals surface area contributed by atoms with Crippen LogP contribution in [-0.4, -0.2) is 34.3 Å². The number of halogens is 1. The molecule has 0 unspecified atom stereocenters. The van der Waals surface area contributed by atoms with Crippen molar-refractivity contribution in [2.75, 3.05) is 19.6 Å². The van der Waals surface area contributed by atoms with Gasteiger partial charge in [0.25, 0.3) is 0 Å². The topological polar surface area (TPSA) is 21.1 Å². The van der Waals surface area contributed by atoms with Gasteiger partial charge in [0.2, 0.25) is 0 Å². The van der Waals surface area contributed by atoms with Gasteiger partial charge in [-0.25, -0.2) is 0 Å². The Balaban J connectivity index is 1.88. The predicted octanol–water partition coefficient (Wildman–Crippen LogP) is 4.76. The van der Waals surface area contributed by atoms with Gasteiger partial charge in [-0.05, 0) is 36.9 Å². The van der Waals surface area contributed by atoms with Crippen molar-refractivity contribution in [3.8, 4) is 10.4 Å². The lowest BCUT2D eigenvalue weighted by Crippen LogP contribution is -2.27. The van der Waals surface area contributed by atoms with E-state index in [0.717, 1.165) is 30.5 Å². The van der Waals surface area contributed by atoms with E-state index in [0.29, 0.717) is 0 Å². The van der Waals surface area contributed by atoms with E-state index in [9.17, 15) is 0 Å². The molecule has 3 aromatic rings. The number of hydrogen-bond donors (Lipinski definition) is 0. The standard InChI is InChI=1S/C17H20ClN3S/c1-3-20(4-2)9-10-21-15-11-13(5-6-14(15)12-19-21)16-7-8-17(18)22-16/h5-8,11-12H,3-4,9-10H2,1-2H3. The van der Waals surface area contributed by atoms with E-state index in [1.165, 1.54) is 21.3 Å². The van der Waals surface area contributed by atoms with Gasteiger partial charge in [0.05, 0.1) is 22.6 Å². The summed E-state index contributed by atoms with van der Waals surface area (Å²) in [5, 5.41) is 5.73. The molecule has 2 aromatic heterocycles. The van der Waals surface area contributed by atoms with Crippen LogP contribution in [0.1, 0.15) is 13.8 Å². The molecule has 0 N–H and O–H groups in total. The summed E-state index contributed by atoms with van der Waals surface area (Å²) in [4.78, 5) is 3.61. The van der Waals surface area contributed by atoms with Crippen LogP contribution in [0.5, 0.6) is 0 Å². The van der Waals surface area contributed by atoms with Crippen molar-refractivity contribution in [3.05, 3.63) is 40.9 Å². The number of fused-ring (bicyclic) bond motifs is 1. The lowest BCUT2D eigenvalue weighted by Gasteiger charge is -2.17. The fourth-order valence-electron chi connectivity index (χ4n) is 2.65. The van der Waals surface area contributed by atoms with Gasteiger partial charge in [0.15, 0.2) is 0 Å². The van der Waals surface area contributed by atoms with Gasteiger partial charge in [-0.1, -0.05) is 37.6 Å². The third kappa shape index (κ3) is 3.19. The molecule has 0 aliphatic carbocycles. The molecule has 0 atom stereocenters. The van der Waals surface area contributed by atoms with E-state index >= 15 is 0 Å². The molecule has 2 heterocycles. The first kappa shape index (κ1) is 15.5. The zero-order chi connectivity index (χ0) is 15.5. The summed E-state index contributed by atoms with van der Waals surface area (Å²) in [5.74, 6) is 0. The Bertz CT molecular complexity index is 758. The van der Waals surface area contributed by atoms with Crippen LogP contribution in [0.2, 0.25) is 4.34 Å². The largest absolute Gasteiger partial charge is 0.302 e. The number of thiophene rings is 1. The van der Waals surface area contributed by atoms with Crippen molar-refractivity contribution in [3.63, 3.8) is 0 Å². The average molecular weight is 334 g/mol. The Labute approximate surface area is 140 Å². The summed E-state index contributed by atoms with van der Waals surface area (Å²) < 4.78 is 2.93. The molecule has 0 aliphatic heterocycles. The number of hydrogen-bond acceptors (Lipinski definition) is 3. The minimum Gasteiger partial charge on any atom is -0.302 e. The monoisotopic (exact) mass is 333 g/mol. The van der Waals surface area contributed by atoms with Gasteiger partial charge >= 0.3 is 0 Å². The van der Waals surface area contributed by atoms with Crippen molar-refractivity contribution >= 4 is 33.8 Å². The molecular formula is C17H20ClN3S. The van der Waals surface area contributed by atoms with Crippen LogP contribution in [0.4, 0.5) is 0 Å². The van der Waals surface area contributed by atoms with Crippen molar-refractivity contribution in [1.82, 2.24) is 14.7 Å². The van der Waals surface area contributed by atoms with E-state index in [4.69, 9.17) is 11.6 Å². The maximum Gasteiger partial charge on any atom is 0.0934 e. The Morgan fingerprint density at radius 2 is 2.00 bits per heavy atom. The smallest absolute Gasteiger partial charge is 0.0934 e. The van der Waals surface area contributed by atoms with Gasteiger partial charge in [0, 0.05) is 16.8 Å². The van der Waals surface area contributed by atoms with Crippen molar-refractivity contribution in [2.24, 2.45) is 0 Å². The highest BCUT2D eigenvalue weighted by molar-refractivity contribution is 7.19. The molecule has 0 saturated carbocycles. The van der Waals surface area contributed by atoms with E-state index in [1.54, 1.807) is 11.3 Å². The van der Waals surface area contributed by atoms with Crippen LogP contribution in [0.15, 0.2) is 36.5 Å². The van der Waals surface area contributed by atoms with E-state index < -0.39 is 0 Å². The second-order valence-electron chi connectivity index (χ2n) is 5.27. The van der Waals surface area contributed by atoms with Gasteiger partial charge in [0.1, 0.15) is 0 Å². The number of nitrogens with zero attached hydrogens (tertiary/aromatic N) is 3. The molecule has 1 aromatic carbocycles. The highest BCUT2D eigenvalue weighted by Gasteiger charge is 2.08. The Hall–Kier alpha value is -1.36. The van der Waals surface area contributed by atoms with E-state index in [2.05, 4.69) is 52.8 Å². The summed E-state index contributed by atoms with van der Waals surface area (Å²) in [5.41, 5.74) is 2.39. The van der Waals surface area contributed by atoms with Gasteiger partial charge in [-0.3, -0.25) is 4.68 Å². The first-order chi connectivity index (χ1) is 10.7. The number of benzene rings is 1. The predicted molar refractivity (Wildman–Crippen MR) is 95.8 cm³/mol. The molecule has 0 radical (unpaired) electrons. The minimum absolute atomic E-state index is 0.824. The lowest BCUT2D eigenvalue weighted by molar-refractivity contribution is 0.287. The fourth-order valence-corrected chi connectivity index (χ4v) is 3.69. The van der Waals surface area contributed by atoms with Crippen LogP contribution in [0, 0.1) is 0 Å². The molecule has 0 spiro atoms. The van der Waals surface area contributed by atoms with Crippen LogP contribution < -0.4 is 0 Å². The molecular weight excluding hydrogens is 314 g/mol. The fraction of sp³-hybridized carbons (Fsp3) is 0.353. The second-order valence-corrected chi connectivity index (χ2v) is 6.99. The highest BCUT2D eigenvalue weighted by Crippen LogP contribution is 2.32. The summed E-state index contributed by atoms with van der Waals surface area (Å²) in [6.07, 6.45) is 1.95. The van der Waals surface area contributed by atoms with Crippen molar-refractivity contribution in [2.45, 2.75) is 20.4 Å². The zero-order valence-corrected chi connectivity index (χ0v) is 14.5. The van der Waals surface area contributed by atoms with Gasteiger partial charge in [-0.2, -0.15) is 5.10 Å². The number of likely N-dealkylation sites (N-methyl/N-ethyl adjacent to an activating group) is 1. The first-order valence-corrected chi connectivity index (χ1v) is 8.84. The molecule has 0 amide bonds. The second kappa shape index (κ2) is 6.82. The van der Waals surface area contributed by atoms with E-state index in [-0.39, 0.29) is 0 Å². The van der Waals surface area contributed by atoms with Crippen LogP contribution in [0.3, 0.4) is 0 Å². The van der Waals surface area contributed by atoms with E-state index in [1.807, 2.05) is 12.3 Å². The molecule has 5 heteroatoms. The molecule has 0 aliphatic rings. The SMILES string of the molecule is CCN(CC)CCn1ncc2ccc(-c3ccc(Cl)s3)cc21. The number of aromatic nitrogens is 2. The molecule has 22 heavy (non-hydrogen) atoms.